The largest absolute Gasteiger partial charge is 0.444 e. The zero-order valence-corrected chi connectivity index (χ0v) is 17.8. The summed E-state index contributed by atoms with van der Waals surface area (Å²) in [5.41, 5.74) is 1.51. The zero-order valence-electron chi connectivity index (χ0n) is 17.8. The first-order valence-corrected chi connectivity index (χ1v) is 10.3. The van der Waals surface area contributed by atoms with Crippen LogP contribution in [0.3, 0.4) is 0 Å². The van der Waals surface area contributed by atoms with E-state index in [2.05, 4.69) is 4.90 Å². The Hall–Kier alpha value is -2.90. The zero-order chi connectivity index (χ0) is 22.4. The second kappa shape index (κ2) is 7.66. The molecule has 8 heteroatoms. The summed E-state index contributed by atoms with van der Waals surface area (Å²) in [5.74, 6) is 0. The lowest BCUT2D eigenvalue weighted by Gasteiger charge is -2.49. The number of nitrogens with zero attached hydrogens (tertiary/aromatic N) is 3. The van der Waals surface area contributed by atoms with Crippen LogP contribution in [0.15, 0.2) is 48.5 Å². The number of para-hydroxylation sites is 2. The highest BCUT2D eigenvalue weighted by atomic mass is 19.4. The highest BCUT2D eigenvalue weighted by molar-refractivity contribution is 5.80. The Morgan fingerprint density at radius 3 is 2.13 bits per heavy atom. The molecule has 1 fully saturated rings. The molecule has 2 aliphatic rings. The van der Waals surface area contributed by atoms with E-state index in [9.17, 15) is 18.0 Å². The van der Waals surface area contributed by atoms with Gasteiger partial charge in [0.05, 0.1) is 23.0 Å². The number of benzene rings is 2. The van der Waals surface area contributed by atoms with Crippen molar-refractivity contribution in [3.05, 3.63) is 54.1 Å². The summed E-state index contributed by atoms with van der Waals surface area (Å²) in [4.78, 5) is 18.3. The number of alkyl halides is 3. The van der Waals surface area contributed by atoms with Gasteiger partial charge in [0.15, 0.2) is 0 Å². The van der Waals surface area contributed by atoms with Crippen molar-refractivity contribution in [3.63, 3.8) is 0 Å². The van der Waals surface area contributed by atoms with Gasteiger partial charge in [-0.15, -0.1) is 0 Å². The molecule has 0 saturated carbocycles. The molecular weight excluding hydrogens is 407 g/mol. The van der Waals surface area contributed by atoms with Gasteiger partial charge in [-0.1, -0.05) is 12.1 Å². The average Bonchev–Trinajstić information content (AvgIpc) is 2.65. The van der Waals surface area contributed by atoms with Crippen LogP contribution >= 0.6 is 0 Å². The fourth-order valence-electron chi connectivity index (χ4n) is 3.99. The van der Waals surface area contributed by atoms with E-state index in [0.29, 0.717) is 26.2 Å². The van der Waals surface area contributed by atoms with Crippen molar-refractivity contribution >= 4 is 23.2 Å². The molecule has 166 valence electrons. The Morgan fingerprint density at radius 2 is 1.55 bits per heavy atom. The second-order valence-corrected chi connectivity index (χ2v) is 8.92. The molecule has 1 amide bonds. The summed E-state index contributed by atoms with van der Waals surface area (Å²) in [6.45, 7) is 8.07. The lowest BCUT2D eigenvalue weighted by Crippen LogP contribution is -2.63. The summed E-state index contributed by atoms with van der Waals surface area (Å²) in [5, 5.41) is 0. The highest BCUT2D eigenvalue weighted by Gasteiger charge is 2.39. The number of hydrogen-bond acceptors (Lipinski definition) is 4. The summed E-state index contributed by atoms with van der Waals surface area (Å²) in [7, 11) is 0. The van der Waals surface area contributed by atoms with Gasteiger partial charge < -0.3 is 19.4 Å². The summed E-state index contributed by atoms with van der Waals surface area (Å²) < 4.78 is 44.2. The molecule has 2 aromatic carbocycles. The molecule has 0 spiro atoms. The molecule has 0 atom stereocenters. The predicted octanol–water partition coefficient (Wildman–Crippen LogP) is 5.28. The van der Waals surface area contributed by atoms with Gasteiger partial charge in [0.25, 0.3) is 0 Å². The van der Waals surface area contributed by atoms with E-state index < -0.39 is 17.3 Å². The third-order valence-electron chi connectivity index (χ3n) is 5.51. The number of amides is 1. The number of ether oxygens (including phenoxy) is 1. The highest BCUT2D eigenvalue weighted by Crippen LogP contribution is 2.40. The van der Waals surface area contributed by atoms with E-state index >= 15 is 0 Å². The minimum Gasteiger partial charge on any atom is -0.444 e. The van der Waals surface area contributed by atoms with Gasteiger partial charge in [-0.3, -0.25) is 0 Å². The van der Waals surface area contributed by atoms with E-state index in [1.54, 1.807) is 4.90 Å². The van der Waals surface area contributed by atoms with Crippen LogP contribution in [0.25, 0.3) is 0 Å². The molecule has 31 heavy (non-hydrogen) atoms. The standard InChI is InChI=1S/C23H26F3N3O2/c1-22(2,3)31-21(30)27-14-18(15-27)29-13-12-28(19-6-4-5-7-20(19)29)17-10-8-16(9-11-17)23(24,25)26/h4-11,18H,12-15H2,1-3H3. The maximum absolute atomic E-state index is 12.9. The van der Waals surface area contributed by atoms with Crippen LogP contribution in [0.2, 0.25) is 0 Å². The Bertz CT molecular complexity index is 948. The summed E-state index contributed by atoms with van der Waals surface area (Å²) >= 11 is 0. The molecule has 5 nitrogen and oxygen atoms in total. The molecule has 0 N–H and O–H groups in total. The monoisotopic (exact) mass is 433 g/mol. The lowest BCUT2D eigenvalue weighted by atomic mass is 10.0. The first-order valence-electron chi connectivity index (χ1n) is 10.3. The van der Waals surface area contributed by atoms with Gasteiger partial charge in [-0.2, -0.15) is 13.2 Å². The summed E-state index contributed by atoms with van der Waals surface area (Å²) in [6, 6.07) is 13.3. The number of rotatable bonds is 2. The van der Waals surface area contributed by atoms with Crippen LogP contribution in [0.5, 0.6) is 0 Å². The van der Waals surface area contributed by atoms with Gasteiger partial charge in [-0.25, -0.2) is 4.79 Å². The van der Waals surface area contributed by atoms with Crippen LogP contribution in [-0.2, 0) is 10.9 Å². The van der Waals surface area contributed by atoms with E-state index in [-0.39, 0.29) is 12.1 Å². The fraction of sp³-hybridized carbons (Fsp3) is 0.435. The van der Waals surface area contributed by atoms with Gasteiger partial charge in [0.1, 0.15) is 5.60 Å². The van der Waals surface area contributed by atoms with Crippen molar-refractivity contribution in [2.75, 3.05) is 36.0 Å². The quantitative estimate of drug-likeness (QED) is 0.646. The Balaban J connectivity index is 1.49. The number of fused-ring (bicyclic) bond motifs is 1. The maximum atomic E-state index is 12.9. The molecule has 1 saturated heterocycles. The molecule has 2 heterocycles. The molecule has 0 bridgehead atoms. The molecule has 0 aliphatic carbocycles. The number of carbonyl (C=O) groups excluding carboxylic acids is 1. The van der Waals surface area contributed by atoms with Crippen LogP contribution in [0.1, 0.15) is 26.3 Å². The molecule has 0 aromatic heterocycles. The minimum absolute atomic E-state index is 0.184. The van der Waals surface area contributed by atoms with Crippen molar-refractivity contribution in [1.82, 2.24) is 4.90 Å². The molecule has 4 rings (SSSR count). The van der Waals surface area contributed by atoms with Crippen molar-refractivity contribution in [1.29, 1.82) is 0 Å². The predicted molar refractivity (Wildman–Crippen MR) is 114 cm³/mol. The third-order valence-corrected chi connectivity index (χ3v) is 5.51. The molecule has 2 aromatic rings. The van der Waals surface area contributed by atoms with Crippen LogP contribution in [0, 0.1) is 0 Å². The molecule has 2 aliphatic heterocycles. The Morgan fingerprint density at radius 1 is 0.935 bits per heavy atom. The SMILES string of the molecule is CC(C)(C)OC(=O)N1CC(N2CCN(c3ccc(C(F)(F)F)cc3)c3ccccc32)C1. The Labute approximate surface area is 180 Å². The van der Waals surface area contributed by atoms with Gasteiger partial charge in [0, 0.05) is 31.9 Å². The molecule has 0 unspecified atom stereocenters. The average molecular weight is 433 g/mol. The molecule has 0 radical (unpaired) electrons. The maximum Gasteiger partial charge on any atom is 0.416 e. The van der Waals surface area contributed by atoms with E-state index in [1.807, 2.05) is 49.9 Å². The van der Waals surface area contributed by atoms with Crippen LogP contribution in [-0.4, -0.2) is 48.8 Å². The van der Waals surface area contributed by atoms with E-state index in [4.69, 9.17) is 4.74 Å². The van der Waals surface area contributed by atoms with Crippen molar-refractivity contribution in [2.24, 2.45) is 0 Å². The number of hydrogen-bond donors (Lipinski definition) is 0. The molecular formula is C23H26F3N3O2. The van der Waals surface area contributed by atoms with E-state index in [0.717, 1.165) is 29.2 Å². The van der Waals surface area contributed by atoms with Crippen molar-refractivity contribution in [2.45, 2.75) is 38.6 Å². The van der Waals surface area contributed by atoms with Gasteiger partial charge in [0.2, 0.25) is 0 Å². The van der Waals surface area contributed by atoms with Crippen LogP contribution < -0.4 is 9.80 Å². The number of carbonyl (C=O) groups is 1. The fourth-order valence-corrected chi connectivity index (χ4v) is 3.99. The third kappa shape index (κ3) is 4.43. The number of anilines is 3. The van der Waals surface area contributed by atoms with Gasteiger partial charge >= 0.3 is 12.3 Å². The van der Waals surface area contributed by atoms with Crippen molar-refractivity contribution < 1.29 is 22.7 Å². The van der Waals surface area contributed by atoms with Crippen LogP contribution in [0.4, 0.5) is 35.0 Å². The Kier molecular flexibility index (Phi) is 5.27. The topological polar surface area (TPSA) is 36.0 Å². The number of likely N-dealkylation sites (tertiary alicyclic amines) is 1. The normalized spacial score (nSPS) is 17.3. The second-order valence-electron chi connectivity index (χ2n) is 8.92. The minimum atomic E-state index is -4.35. The summed E-state index contributed by atoms with van der Waals surface area (Å²) in [6.07, 6.45) is -4.65. The smallest absolute Gasteiger partial charge is 0.416 e. The lowest BCUT2D eigenvalue weighted by molar-refractivity contribution is -0.137. The van der Waals surface area contributed by atoms with Gasteiger partial charge in [-0.05, 0) is 57.2 Å². The first kappa shape index (κ1) is 21.3. The number of halogens is 3. The van der Waals surface area contributed by atoms with E-state index in [1.165, 1.54) is 12.1 Å². The van der Waals surface area contributed by atoms with Crippen molar-refractivity contribution in [3.8, 4) is 0 Å². The first-order chi connectivity index (χ1) is 14.5.